The molecule has 0 aliphatic carbocycles. The minimum atomic E-state index is 0.646. The van der Waals surface area contributed by atoms with E-state index in [0.29, 0.717) is 11.6 Å². The van der Waals surface area contributed by atoms with Crippen LogP contribution in [0.1, 0.15) is 12.0 Å². The lowest BCUT2D eigenvalue weighted by molar-refractivity contribution is 0.189. The Bertz CT molecular complexity index is 1400. The van der Waals surface area contributed by atoms with Crippen LogP contribution in [0.25, 0.3) is 22.0 Å². The lowest BCUT2D eigenvalue weighted by Gasteiger charge is -2.34. The van der Waals surface area contributed by atoms with Crippen molar-refractivity contribution in [1.82, 2.24) is 13.8 Å². The number of halogens is 3. The van der Waals surface area contributed by atoms with Crippen LogP contribution >= 0.6 is 46.8 Å². The van der Waals surface area contributed by atoms with Crippen molar-refractivity contribution in [2.24, 2.45) is 5.73 Å². The molecular weight excluding hydrogens is 559 g/mol. The average molecular weight is 590 g/mol. The summed E-state index contributed by atoms with van der Waals surface area (Å²) in [5.41, 5.74) is 9.99. The number of fused-ring (bicyclic) bond motifs is 1. The molecule has 0 saturated carbocycles. The molecule has 0 unspecified atom stereocenters. The fraction of sp³-hybridized carbons (Fsp3) is 0.310. The number of methoxy groups -OCH3 is 1. The Balaban J connectivity index is 1.36. The van der Waals surface area contributed by atoms with E-state index in [9.17, 15) is 0 Å². The van der Waals surface area contributed by atoms with Crippen molar-refractivity contribution in [1.29, 1.82) is 0 Å². The molecule has 2 N–H and O–H groups in total. The normalized spacial score (nSPS) is 14.9. The van der Waals surface area contributed by atoms with Gasteiger partial charge in [-0.3, -0.25) is 4.90 Å². The molecule has 0 bridgehead atoms. The number of aromatic nitrogens is 1. The topological polar surface area (TPSA) is 46.7 Å². The molecule has 0 atom stereocenters. The Kier molecular flexibility index (Phi) is 9.11. The first kappa shape index (κ1) is 27.7. The van der Waals surface area contributed by atoms with Crippen LogP contribution in [0.2, 0.25) is 15.1 Å². The summed E-state index contributed by atoms with van der Waals surface area (Å²) in [6, 6.07) is 18.2. The van der Waals surface area contributed by atoms with Gasteiger partial charge < -0.3 is 15.0 Å². The number of hydrogen-bond donors (Lipinski definition) is 1. The minimum absolute atomic E-state index is 0.646. The highest BCUT2D eigenvalue weighted by atomic mass is 35.5. The van der Waals surface area contributed by atoms with Gasteiger partial charge in [-0.25, -0.2) is 4.31 Å². The number of aryl methyl sites for hydroxylation is 1. The smallest absolute Gasteiger partial charge is 0.128 e. The largest absolute Gasteiger partial charge is 0.496 e. The van der Waals surface area contributed by atoms with Gasteiger partial charge in [0.15, 0.2) is 0 Å². The summed E-state index contributed by atoms with van der Waals surface area (Å²) in [5.74, 6) is 0.767. The van der Waals surface area contributed by atoms with Gasteiger partial charge in [-0.05, 0) is 67.4 Å². The molecule has 200 valence electrons. The van der Waals surface area contributed by atoms with Crippen LogP contribution in [0.3, 0.4) is 0 Å². The molecule has 9 heteroatoms. The zero-order valence-electron chi connectivity index (χ0n) is 21.3. The third-order valence-corrected chi connectivity index (χ3v) is 9.04. The Morgan fingerprint density at radius 2 is 1.63 bits per heavy atom. The predicted octanol–water partition coefficient (Wildman–Crippen LogP) is 7.45. The van der Waals surface area contributed by atoms with E-state index in [2.05, 4.69) is 38.2 Å². The molecule has 0 radical (unpaired) electrons. The highest BCUT2D eigenvalue weighted by Gasteiger charge is 2.21. The highest BCUT2D eigenvalue weighted by Crippen LogP contribution is 2.42. The van der Waals surface area contributed by atoms with Gasteiger partial charge in [-0.2, -0.15) is 0 Å². The summed E-state index contributed by atoms with van der Waals surface area (Å²) in [4.78, 5) is 3.61. The lowest BCUT2D eigenvalue weighted by atomic mass is 10.0. The van der Waals surface area contributed by atoms with Gasteiger partial charge in [-0.15, -0.1) is 0 Å². The fourth-order valence-electron chi connectivity index (χ4n) is 4.95. The third-order valence-electron chi connectivity index (χ3n) is 6.93. The SMILES string of the molecule is COc1cccc(Cl)c1-c1cn(CCCN)c2ccc(SN3CCN(Cc4c(Cl)cccc4Cl)CC3)cc12. The molecule has 1 aliphatic heterocycles. The van der Waals surface area contributed by atoms with E-state index in [-0.39, 0.29) is 0 Å². The Morgan fingerprint density at radius 1 is 0.921 bits per heavy atom. The quantitative estimate of drug-likeness (QED) is 0.206. The first-order valence-corrected chi connectivity index (χ1v) is 14.6. The molecule has 2 heterocycles. The van der Waals surface area contributed by atoms with Gasteiger partial charge in [-0.1, -0.05) is 46.9 Å². The van der Waals surface area contributed by atoms with Gasteiger partial charge in [0.1, 0.15) is 5.75 Å². The molecule has 1 aliphatic rings. The van der Waals surface area contributed by atoms with Crippen molar-refractivity contribution in [3.63, 3.8) is 0 Å². The molecule has 1 fully saturated rings. The van der Waals surface area contributed by atoms with Gasteiger partial charge >= 0.3 is 0 Å². The number of hydrogen-bond acceptors (Lipinski definition) is 5. The van der Waals surface area contributed by atoms with Crippen LogP contribution in [0.4, 0.5) is 0 Å². The van der Waals surface area contributed by atoms with E-state index in [4.69, 9.17) is 45.3 Å². The van der Waals surface area contributed by atoms with Crippen LogP contribution in [0.15, 0.2) is 65.7 Å². The zero-order chi connectivity index (χ0) is 26.6. The van der Waals surface area contributed by atoms with E-state index in [0.717, 1.165) is 83.6 Å². The maximum absolute atomic E-state index is 6.70. The summed E-state index contributed by atoms with van der Waals surface area (Å²) >= 11 is 21.3. The van der Waals surface area contributed by atoms with Gasteiger partial charge in [0.25, 0.3) is 0 Å². The summed E-state index contributed by atoms with van der Waals surface area (Å²) in [6.45, 7) is 6.07. The number of ether oxygens (including phenoxy) is 1. The summed E-state index contributed by atoms with van der Waals surface area (Å²) in [6.07, 6.45) is 3.08. The molecule has 0 spiro atoms. The molecule has 5 nitrogen and oxygen atoms in total. The maximum Gasteiger partial charge on any atom is 0.128 e. The van der Waals surface area contributed by atoms with Crippen LogP contribution in [-0.4, -0.2) is 53.6 Å². The Labute approximate surface area is 243 Å². The molecule has 0 amide bonds. The zero-order valence-corrected chi connectivity index (χ0v) is 24.4. The average Bonchev–Trinajstić information content (AvgIpc) is 3.27. The summed E-state index contributed by atoms with van der Waals surface area (Å²) in [5, 5.41) is 3.29. The second-order valence-electron chi connectivity index (χ2n) is 9.37. The van der Waals surface area contributed by atoms with Gasteiger partial charge in [0.05, 0.1) is 12.1 Å². The van der Waals surface area contributed by atoms with Crippen molar-refractivity contribution in [2.75, 3.05) is 39.8 Å². The number of rotatable bonds is 9. The van der Waals surface area contributed by atoms with Crippen molar-refractivity contribution in [3.05, 3.63) is 81.4 Å². The predicted molar refractivity (Wildman–Crippen MR) is 162 cm³/mol. The standard InChI is InChI=1S/C29H31Cl3N4OS/c1-37-28-8-3-7-26(32)29(28)22-19-35(12-4-11-33)27-10-9-20(17-21(22)27)38-36-15-13-34(14-16-36)18-23-24(30)5-2-6-25(23)31/h2-3,5-10,17,19H,4,11-16,18,33H2,1H3. The van der Waals surface area contributed by atoms with Crippen LogP contribution in [-0.2, 0) is 13.1 Å². The molecule has 1 aromatic heterocycles. The van der Waals surface area contributed by atoms with Gasteiger partial charge in [0.2, 0.25) is 0 Å². The van der Waals surface area contributed by atoms with Gasteiger partial charge in [0, 0.05) is 88.0 Å². The van der Waals surface area contributed by atoms with Crippen molar-refractivity contribution < 1.29 is 4.74 Å². The second kappa shape index (κ2) is 12.5. The monoisotopic (exact) mass is 588 g/mol. The first-order chi connectivity index (χ1) is 18.5. The molecule has 3 aromatic carbocycles. The van der Waals surface area contributed by atoms with E-state index in [1.165, 1.54) is 10.4 Å². The molecule has 4 aromatic rings. The molecule has 5 rings (SSSR count). The molecule has 1 saturated heterocycles. The number of benzene rings is 3. The number of piperazine rings is 1. The minimum Gasteiger partial charge on any atom is -0.496 e. The van der Waals surface area contributed by atoms with Crippen LogP contribution < -0.4 is 10.5 Å². The van der Waals surface area contributed by atoms with Crippen LogP contribution in [0.5, 0.6) is 5.75 Å². The van der Waals surface area contributed by atoms with E-state index < -0.39 is 0 Å². The summed E-state index contributed by atoms with van der Waals surface area (Å²) < 4.78 is 10.4. The van der Waals surface area contributed by atoms with Crippen molar-refractivity contribution in [3.8, 4) is 16.9 Å². The van der Waals surface area contributed by atoms with E-state index in [1.807, 2.05) is 36.4 Å². The fourth-order valence-corrected chi connectivity index (χ4v) is 6.68. The third kappa shape index (κ3) is 5.97. The van der Waals surface area contributed by atoms with E-state index in [1.54, 1.807) is 19.1 Å². The number of nitrogens with two attached hydrogens (primary N) is 1. The Hall–Kier alpha value is -1.90. The highest BCUT2D eigenvalue weighted by molar-refractivity contribution is 7.97. The Morgan fingerprint density at radius 3 is 2.34 bits per heavy atom. The first-order valence-electron chi connectivity index (χ1n) is 12.7. The molecular formula is C29H31Cl3N4OS. The maximum atomic E-state index is 6.70. The number of nitrogens with zero attached hydrogens (tertiary/aromatic N) is 3. The van der Waals surface area contributed by atoms with Crippen molar-refractivity contribution in [2.45, 2.75) is 24.4 Å². The van der Waals surface area contributed by atoms with Crippen molar-refractivity contribution >= 4 is 57.7 Å². The van der Waals surface area contributed by atoms with E-state index >= 15 is 0 Å². The van der Waals surface area contributed by atoms with Crippen LogP contribution in [0, 0.1) is 0 Å². The summed E-state index contributed by atoms with van der Waals surface area (Å²) in [7, 11) is 1.68. The second-order valence-corrected chi connectivity index (χ2v) is 11.8. The molecule has 38 heavy (non-hydrogen) atoms. The lowest BCUT2D eigenvalue weighted by Crippen LogP contribution is -2.42.